The van der Waals surface area contributed by atoms with Crippen molar-refractivity contribution in [3.8, 4) is 11.5 Å². The van der Waals surface area contributed by atoms with Crippen LogP contribution in [-0.2, 0) is 0 Å². The van der Waals surface area contributed by atoms with Crippen LogP contribution in [0.25, 0.3) is 11.1 Å². The van der Waals surface area contributed by atoms with E-state index in [0.29, 0.717) is 0 Å². The van der Waals surface area contributed by atoms with Gasteiger partial charge < -0.3 is 15.1 Å². The SMILES string of the molecule is CC/C(=C(\CN(C)C)c1ccc(O)cc1)c1ccc(O)cc1. The molecule has 2 aromatic rings. The molecule has 3 nitrogen and oxygen atoms in total. The minimum Gasteiger partial charge on any atom is -0.508 e. The van der Waals surface area contributed by atoms with Crippen molar-refractivity contribution in [2.75, 3.05) is 20.6 Å². The largest absolute Gasteiger partial charge is 0.508 e. The molecule has 2 aromatic carbocycles. The standard InChI is InChI=1S/C19H23NO2/c1-4-18(14-5-9-16(21)10-6-14)19(13-20(2)3)15-7-11-17(22)12-8-15/h5-12,21-22H,4,13H2,1-3H3/b19-18-. The van der Waals surface area contributed by atoms with E-state index in [1.807, 2.05) is 38.4 Å². The first-order valence-electron chi connectivity index (χ1n) is 7.46. The van der Waals surface area contributed by atoms with E-state index >= 15 is 0 Å². The molecule has 0 aliphatic heterocycles. The number of aromatic hydroxyl groups is 2. The van der Waals surface area contributed by atoms with Gasteiger partial charge in [0.15, 0.2) is 0 Å². The molecule has 0 fully saturated rings. The van der Waals surface area contributed by atoms with Gasteiger partial charge in [0, 0.05) is 6.54 Å². The number of hydrogen-bond donors (Lipinski definition) is 2. The van der Waals surface area contributed by atoms with Crippen LogP contribution in [0.4, 0.5) is 0 Å². The first-order chi connectivity index (χ1) is 10.5. The molecule has 2 rings (SSSR count). The predicted octanol–water partition coefficient (Wildman–Crippen LogP) is 3.98. The van der Waals surface area contributed by atoms with Crippen molar-refractivity contribution >= 4 is 11.1 Å². The van der Waals surface area contributed by atoms with Gasteiger partial charge in [0.1, 0.15) is 11.5 Å². The van der Waals surface area contributed by atoms with Gasteiger partial charge in [-0.2, -0.15) is 0 Å². The lowest BCUT2D eigenvalue weighted by Crippen LogP contribution is -2.15. The molecule has 0 saturated carbocycles. The van der Waals surface area contributed by atoms with Crippen LogP contribution in [0.1, 0.15) is 24.5 Å². The second-order valence-electron chi connectivity index (χ2n) is 5.64. The molecule has 0 amide bonds. The maximum atomic E-state index is 9.51. The highest BCUT2D eigenvalue weighted by molar-refractivity contribution is 5.91. The van der Waals surface area contributed by atoms with E-state index in [0.717, 1.165) is 24.1 Å². The lowest BCUT2D eigenvalue weighted by Gasteiger charge is -2.19. The van der Waals surface area contributed by atoms with Crippen molar-refractivity contribution in [3.05, 3.63) is 59.7 Å². The van der Waals surface area contributed by atoms with Gasteiger partial charge in [-0.15, -0.1) is 0 Å². The number of rotatable bonds is 5. The average Bonchev–Trinajstić information content (AvgIpc) is 2.49. The summed E-state index contributed by atoms with van der Waals surface area (Å²) in [6.45, 7) is 2.95. The zero-order chi connectivity index (χ0) is 16.1. The van der Waals surface area contributed by atoms with Crippen LogP contribution in [0.5, 0.6) is 11.5 Å². The molecular formula is C19H23NO2. The molecule has 0 aliphatic rings. The van der Waals surface area contributed by atoms with Gasteiger partial charge in [0.25, 0.3) is 0 Å². The molecule has 0 atom stereocenters. The van der Waals surface area contributed by atoms with Crippen LogP contribution in [0, 0.1) is 0 Å². The first kappa shape index (κ1) is 16.1. The van der Waals surface area contributed by atoms with E-state index in [1.165, 1.54) is 11.1 Å². The fourth-order valence-corrected chi connectivity index (χ4v) is 2.59. The summed E-state index contributed by atoms with van der Waals surface area (Å²) in [4.78, 5) is 2.14. The molecule has 0 aromatic heterocycles. The molecule has 2 N–H and O–H groups in total. The van der Waals surface area contributed by atoms with E-state index < -0.39 is 0 Å². The molecule has 0 spiro atoms. The summed E-state index contributed by atoms with van der Waals surface area (Å²) in [6, 6.07) is 14.7. The number of benzene rings is 2. The van der Waals surface area contributed by atoms with Crippen LogP contribution >= 0.6 is 0 Å². The molecule has 0 heterocycles. The molecule has 0 radical (unpaired) electrons. The highest BCUT2D eigenvalue weighted by atomic mass is 16.3. The van der Waals surface area contributed by atoms with Gasteiger partial charge in [0.05, 0.1) is 0 Å². The van der Waals surface area contributed by atoms with Crippen LogP contribution in [-0.4, -0.2) is 35.8 Å². The molecule has 0 aliphatic carbocycles. The number of phenols is 2. The van der Waals surface area contributed by atoms with Crippen LogP contribution in [0.15, 0.2) is 48.5 Å². The van der Waals surface area contributed by atoms with Gasteiger partial charge in [-0.1, -0.05) is 31.2 Å². The Bertz CT molecular complexity index is 640. The summed E-state index contributed by atoms with van der Waals surface area (Å²) in [5.41, 5.74) is 4.71. The molecule has 22 heavy (non-hydrogen) atoms. The second kappa shape index (κ2) is 7.14. The fraction of sp³-hybridized carbons (Fsp3) is 0.263. The van der Waals surface area contributed by atoms with E-state index in [1.54, 1.807) is 24.3 Å². The van der Waals surface area contributed by atoms with Crippen molar-refractivity contribution < 1.29 is 10.2 Å². The van der Waals surface area contributed by atoms with Crippen LogP contribution in [0.2, 0.25) is 0 Å². The summed E-state index contributed by atoms with van der Waals surface area (Å²) in [6.07, 6.45) is 0.898. The highest BCUT2D eigenvalue weighted by Crippen LogP contribution is 2.31. The van der Waals surface area contributed by atoms with Crippen molar-refractivity contribution in [2.45, 2.75) is 13.3 Å². The lowest BCUT2D eigenvalue weighted by atomic mass is 9.92. The Morgan fingerprint density at radius 3 is 1.55 bits per heavy atom. The Morgan fingerprint density at radius 2 is 1.18 bits per heavy atom. The lowest BCUT2D eigenvalue weighted by molar-refractivity contribution is 0.463. The van der Waals surface area contributed by atoms with E-state index in [4.69, 9.17) is 0 Å². The third kappa shape index (κ3) is 3.89. The topological polar surface area (TPSA) is 43.7 Å². The van der Waals surface area contributed by atoms with Gasteiger partial charge >= 0.3 is 0 Å². The van der Waals surface area contributed by atoms with Gasteiger partial charge in [-0.25, -0.2) is 0 Å². The summed E-state index contributed by atoms with van der Waals surface area (Å²) in [5.74, 6) is 0.550. The summed E-state index contributed by atoms with van der Waals surface area (Å²) >= 11 is 0. The Kier molecular flexibility index (Phi) is 5.23. The molecular weight excluding hydrogens is 274 g/mol. The van der Waals surface area contributed by atoms with Crippen LogP contribution < -0.4 is 0 Å². The molecule has 116 valence electrons. The Balaban J connectivity index is 2.56. The molecule has 0 unspecified atom stereocenters. The van der Waals surface area contributed by atoms with Gasteiger partial charge in [0.2, 0.25) is 0 Å². The minimum atomic E-state index is 0.274. The number of nitrogens with zero attached hydrogens (tertiary/aromatic N) is 1. The van der Waals surface area contributed by atoms with Crippen molar-refractivity contribution in [2.24, 2.45) is 0 Å². The second-order valence-corrected chi connectivity index (χ2v) is 5.64. The van der Waals surface area contributed by atoms with E-state index in [9.17, 15) is 10.2 Å². The van der Waals surface area contributed by atoms with E-state index in [-0.39, 0.29) is 11.5 Å². The molecule has 0 bridgehead atoms. The summed E-state index contributed by atoms with van der Waals surface area (Å²) < 4.78 is 0. The number of phenolic OH excluding ortho intramolecular Hbond substituents is 2. The minimum absolute atomic E-state index is 0.274. The smallest absolute Gasteiger partial charge is 0.115 e. The van der Waals surface area contributed by atoms with Crippen molar-refractivity contribution in [1.82, 2.24) is 4.90 Å². The van der Waals surface area contributed by atoms with Crippen LogP contribution in [0.3, 0.4) is 0 Å². The monoisotopic (exact) mass is 297 g/mol. The molecule has 3 heteroatoms. The third-order valence-electron chi connectivity index (χ3n) is 3.62. The highest BCUT2D eigenvalue weighted by Gasteiger charge is 2.11. The Hall–Kier alpha value is -2.26. The predicted molar refractivity (Wildman–Crippen MR) is 91.9 cm³/mol. The van der Waals surface area contributed by atoms with Gasteiger partial charge in [-0.05, 0) is 67.1 Å². The fourth-order valence-electron chi connectivity index (χ4n) is 2.59. The van der Waals surface area contributed by atoms with Crippen molar-refractivity contribution in [3.63, 3.8) is 0 Å². The number of allylic oxidation sites excluding steroid dienone is 1. The zero-order valence-corrected chi connectivity index (χ0v) is 13.4. The average molecular weight is 297 g/mol. The quantitative estimate of drug-likeness (QED) is 0.820. The summed E-state index contributed by atoms with van der Waals surface area (Å²) in [5, 5.41) is 19.0. The Labute approximate surface area is 132 Å². The zero-order valence-electron chi connectivity index (χ0n) is 13.4. The third-order valence-corrected chi connectivity index (χ3v) is 3.62. The van der Waals surface area contributed by atoms with E-state index in [2.05, 4.69) is 11.8 Å². The maximum Gasteiger partial charge on any atom is 0.115 e. The maximum absolute atomic E-state index is 9.51. The molecule has 0 saturated heterocycles. The number of likely N-dealkylation sites (N-methyl/N-ethyl adjacent to an activating group) is 1. The van der Waals surface area contributed by atoms with Gasteiger partial charge in [-0.3, -0.25) is 0 Å². The number of hydrogen-bond acceptors (Lipinski definition) is 3. The normalized spacial score (nSPS) is 12.4. The summed E-state index contributed by atoms with van der Waals surface area (Å²) in [7, 11) is 4.09. The first-order valence-corrected chi connectivity index (χ1v) is 7.46. The van der Waals surface area contributed by atoms with Crippen molar-refractivity contribution in [1.29, 1.82) is 0 Å². The Morgan fingerprint density at radius 1 is 0.773 bits per heavy atom.